The first-order chi connectivity index (χ1) is 11.7. The molecular formula is C19H27N3OS. The molecule has 5 rings (SSSR count). The third-order valence-corrected chi connectivity index (χ3v) is 7.26. The number of morpholine rings is 1. The summed E-state index contributed by atoms with van der Waals surface area (Å²) in [4.78, 5) is 9.96. The van der Waals surface area contributed by atoms with Crippen molar-refractivity contribution in [3.63, 3.8) is 0 Å². The third kappa shape index (κ3) is 2.85. The number of nitrogens with zero attached hydrogens (tertiary/aromatic N) is 3. The Morgan fingerprint density at radius 1 is 1.29 bits per heavy atom. The van der Waals surface area contributed by atoms with E-state index >= 15 is 0 Å². The summed E-state index contributed by atoms with van der Waals surface area (Å²) in [6, 6.07) is 0.551. The monoisotopic (exact) mass is 345 g/mol. The number of aromatic nitrogens is 1. The Morgan fingerprint density at radius 3 is 3.00 bits per heavy atom. The Bertz CT molecular complexity index is 630. The number of ether oxygens (including phenoxy) is 1. The second-order valence-corrected chi connectivity index (χ2v) is 9.13. The number of hydrogen-bond acceptors (Lipinski definition) is 5. The summed E-state index contributed by atoms with van der Waals surface area (Å²) >= 11 is 1.76. The Kier molecular flexibility index (Phi) is 4.01. The maximum Gasteiger partial charge on any atom is 0.0897 e. The van der Waals surface area contributed by atoms with Crippen molar-refractivity contribution >= 4 is 11.3 Å². The van der Waals surface area contributed by atoms with Crippen LogP contribution in [0.4, 0.5) is 0 Å². The molecule has 24 heavy (non-hydrogen) atoms. The van der Waals surface area contributed by atoms with Crippen molar-refractivity contribution in [2.45, 2.75) is 38.5 Å². The van der Waals surface area contributed by atoms with Gasteiger partial charge in [0.05, 0.1) is 29.5 Å². The van der Waals surface area contributed by atoms with Crippen molar-refractivity contribution in [3.05, 3.63) is 28.2 Å². The van der Waals surface area contributed by atoms with Crippen molar-refractivity contribution < 1.29 is 4.74 Å². The van der Waals surface area contributed by atoms with E-state index in [0.29, 0.717) is 12.1 Å². The topological polar surface area (TPSA) is 28.6 Å². The van der Waals surface area contributed by atoms with Gasteiger partial charge in [0, 0.05) is 38.1 Å². The summed E-state index contributed by atoms with van der Waals surface area (Å²) in [7, 11) is 0. The van der Waals surface area contributed by atoms with Gasteiger partial charge in [-0.05, 0) is 37.5 Å². The van der Waals surface area contributed by atoms with Crippen LogP contribution in [0, 0.1) is 24.7 Å². The van der Waals surface area contributed by atoms with E-state index in [2.05, 4.69) is 39.2 Å². The molecular weight excluding hydrogens is 318 g/mol. The predicted molar refractivity (Wildman–Crippen MR) is 96.1 cm³/mol. The summed E-state index contributed by atoms with van der Waals surface area (Å²) in [5.74, 6) is 2.62. The fourth-order valence-corrected chi connectivity index (χ4v) is 5.91. The Morgan fingerprint density at radius 2 is 2.25 bits per heavy atom. The molecule has 4 aliphatic rings. The van der Waals surface area contributed by atoms with E-state index in [1.54, 1.807) is 11.3 Å². The molecule has 5 heteroatoms. The van der Waals surface area contributed by atoms with Crippen LogP contribution in [0.2, 0.25) is 0 Å². The number of hydrogen-bond donors (Lipinski definition) is 0. The standard InChI is InChI=1S/C19H27N3OS/c1-13-20-17(12-24-13)9-22-4-5-23-19-11-21(10-18(19)22)8-16-7-14-2-3-15(16)6-14/h2-3,12,14-16,18-19H,4-11H2,1H3/t14?,15?,16?,18-,19-/m0/s1. The summed E-state index contributed by atoms with van der Waals surface area (Å²) in [6.07, 6.45) is 8.15. The molecule has 0 N–H and O–H groups in total. The van der Waals surface area contributed by atoms with Crippen LogP contribution in [-0.4, -0.2) is 59.7 Å². The van der Waals surface area contributed by atoms with Crippen molar-refractivity contribution in [1.82, 2.24) is 14.8 Å². The molecule has 1 aromatic heterocycles. The van der Waals surface area contributed by atoms with Gasteiger partial charge in [-0.3, -0.25) is 9.80 Å². The van der Waals surface area contributed by atoms with Gasteiger partial charge >= 0.3 is 0 Å². The minimum atomic E-state index is 0.396. The molecule has 2 aliphatic carbocycles. The molecule has 1 aromatic rings. The number of thiazole rings is 1. The van der Waals surface area contributed by atoms with E-state index in [1.807, 2.05) is 0 Å². The van der Waals surface area contributed by atoms with Crippen LogP contribution in [0.1, 0.15) is 23.5 Å². The van der Waals surface area contributed by atoms with Gasteiger partial charge in [0.2, 0.25) is 0 Å². The number of likely N-dealkylation sites (tertiary alicyclic amines) is 1. The van der Waals surface area contributed by atoms with Crippen LogP contribution >= 0.6 is 11.3 Å². The molecule has 2 bridgehead atoms. The second kappa shape index (κ2) is 6.20. The lowest BCUT2D eigenvalue weighted by atomic mass is 9.93. The summed E-state index contributed by atoms with van der Waals surface area (Å²) < 4.78 is 6.12. The van der Waals surface area contributed by atoms with Crippen molar-refractivity contribution in [2.24, 2.45) is 17.8 Å². The minimum absolute atomic E-state index is 0.396. The predicted octanol–water partition coefficient (Wildman–Crippen LogP) is 2.55. The van der Waals surface area contributed by atoms with E-state index in [4.69, 9.17) is 4.74 Å². The maximum absolute atomic E-state index is 6.12. The Balaban J connectivity index is 1.23. The average molecular weight is 346 g/mol. The first-order valence-electron chi connectivity index (χ1n) is 9.42. The molecule has 3 fully saturated rings. The van der Waals surface area contributed by atoms with Gasteiger partial charge in [-0.25, -0.2) is 4.98 Å². The van der Waals surface area contributed by atoms with Gasteiger partial charge in [-0.1, -0.05) is 12.2 Å². The molecule has 2 saturated heterocycles. The molecule has 3 unspecified atom stereocenters. The van der Waals surface area contributed by atoms with Crippen molar-refractivity contribution in [2.75, 3.05) is 32.8 Å². The lowest BCUT2D eigenvalue weighted by molar-refractivity contribution is -0.0508. The minimum Gasteiger partial charge on any atom is -0.374 e. The van der Waals surface area contributed by atoms with Crippen molar-refractivity contribution in [3.8, 4) is 0 Å². The van der Waals surface area contributed by atoms with E-state index < -0.39 is 0 Å². The first kappa shape index (κ1) is 15.5. The highest BCUT2D eigenvalue weighted by molar-refractivity contribution is 7.09. The van der Waals surface area contributed by atoms with Crippen LogP contribution in [-0.2, 0) is 11.3 Å². The number of rotatable bonds is 4. The first-order valence-corrected chi connectivity index (χ1v) is 10.3. The zero-order valence-corrected chi connectivity index (χ0v) is 15.3. The van der Waals surface area contributed by atoms with Crippen LogP contribution in [0.25, 0.3) is 0 Å². The summed E-state index contributed by atoms with van der Waals surface area (Å²) in [5, 5.41) is 3.39. The van der Waals surface area contributed by atoms with Crippen molar-refractivity contribution in [1.29, 1.82) is 0 Å². The molecule has 2 aliphatic heterocycles. The van der Waals surface area contributed by atoms with E-state index in [0.717, 1.165) is 44.0 Å². The smallest absolute Gasteiger partial charge is 0.0897 e. The molecule has 1 saturated carbocycles. The van der Waals surface area contributed by atoms with E-state index in [9.17, 15) is 0 Å². The summed E-state index contributed by atoms with van der Waals surface area (Å²) in [5.41, 5.74) is 1.23. The van der Waals surface area contributed by atoms with Crippen LogP contribution < -0.4 is 0 Å². The number of allylic oxidation sites excluding steroid dienone is 2. The SMILES string of the molecule is Cc1nc(CN2CCO[C@H]3CN(CC4CC5C=CC4C5)C[C@@H]32)cs1. The average Bonchev–Trinajstić information content (AvgIpc) is 3.32. The fraction of sp³-hybridized carbons (Fsp3) is 0.737. The lowest BCUT2D eigenvalue weighted by Crippen LogP contribution is -2.50. The number of fused-ring (bicyclic) bond motifs is 3. The number of aryl methyl sites for hydroxylation is 1. The lowest BCUT2D eigenvalue weighted by Gasteiger charge is -2.36. The highest BCUT2D eigenvalue weighted by Crippen LogP contribution is 2.44. The Hall–Kier alpha value is -0.750. The van der Waals surface area contributed by atoms with Crippen LogP contribution in [0.3, 0.4) is 0 Å². The van der Waals surface area contributed by atoms with Gasteiger partial charge in [-0.2, -0.15) is 0 Å². The molecule has 0 radical (unpaired) electrons. The van der Waals surface area contributed by atoms with Gasteiger partial charge < -0.3 is 4.74 Å². The quantitative estimate of drug-likeness (QED) is 0.784. The zero-order chi connectivity index (χ0) is 16.1. The molecule has 3 heterocycles. The highest BCUT2D eigenvalue weighted by Gasteiger charge is 2.43. The molecule has 4 nitrogen and oxygen atoms in total. The van der Waals surface area contributed by atoms with Crippen LogP contribution in [0.5, 0.6) is 0 Å². The second-order valence-electron chi connectivity index (χ2n) is 8.06. The normalized spacial score (nSPS) is 39.0. The van der Waals surface area contributed by atoms with Gasteiger partial charge in [0.15, 0.2) is 0 Å². The van der Waals surface area contributed by atoms with E-state index in [1.165, 1.54) is 36.6 Å². The highest BCUT2D eigenvalue weighted by atomic mass is 32.1. The molecule has 5 atom stereocenters. The molecule has 0 spiro atoms. The van der Waals surface area contributed by atoms with E-state index in [-0.39, 0.29) is 0 Å². The fourth-order valence-electron chi connectivity index (χ4n) is 5.30. The largest absolute Gasteiger partial charge is 0.374 e. The molecule has 0 amide bonds. The zero-order valence-electron chi connectivity index (χ0n) is 14.4. The van der Waals surface area contributed by atoms with Crippen LogP contribution in [0.15, 0.2) is 17.5 Å². The van der Waals surface area contributed by atoms with Gasteiger partial charge in [-0.15, -0.1) is 11.3 Å². The Labute approximate surface area is 148 Å². The van der Waals surface area contributed by atoms with Gasteiger partial charge in [0.25, 0.3) is 0 Å². The summed E-state index contributed by atoms with van der Waals surface area (Å²) in [6.45, 7) is 8.56. The molecule has 0 aromatic carbocycles. The third-order valence-electron chi connectivity index (χ3n) is 6.43. The van der Waals surface area contributed by atoms with Gasteiger partial charge in [0.1, 0.15) is 0 Å². The molecule has 130 valence electrons. The maximum atomic E-state index is 6.12.